The summed E-state index contributed by atoms with van der Waals surface area (Å²) >= 11 is 0. The van der Waals surface area contributed by atoms with Crippen molar-refractivity contribution in [1.29, 1.82) is 0 Å². The minimum atomic E-state index is -4.56. The molecule has 1 fully saturated rings. The fraction of sp³-hybridized carbons (Fsp3) is 0.500. The SMILES string of the molecule is CCOC(=O)N[C@@H]1CCCN(C(=O)Nc2ccccc2C(F)(F)F)C1. The molecule has 1 aromatic carbocycles. The van der Waals surface area contributed by atoms with Crippen LogP contribution in [0.2, 0.25) is 0 Å². The predicted molar refractivity (Wildman–Crippen MR) is 85.2 cm³/mol. The number of carbonyl (C=O) groups is 2. The number of rotatable bonds is 3. The Labute approximate surface area is 143 Å². The van der Waals surface area contributed by atoms with Gasteiger partial charge in [0.2, 0.25) is 0 Å². The van der Waals surface area contributed by atoms with E-state index in [4.69, 9.17) is 4.74 Å². The Kier molecular flexibility index (Phi) is 6.11. The van der Waals surface area contributed by atoms with Crippen molar-refractivity contribution in [2.24, 2.45) is 0 Å². The number of para-hydroxylation sites is 1. The molecule has 0 unspecified atom stereocenters. The van der Waals surface area contributed by atoms with Crippen molar-refractivity contribution in [3.63, 3.8) is 0 Å². The Balaban J connectivity index is 2.00. The number of hydrogen-bond acceptors (Lipinski definition) is 3. The average Bonchev–Trinajstić information content (AvgIpc) is 2.54. The number of nitrogens with zero attached hydrogens (tertiary/aromatic N) is 1. The molecule has 3 amide bonds. The van der Waals surface area contributed by atoms with Crippen LogP contribution < -0.4 is 10.6 Å². The van der Waals surface area contributed by atoms with Crippen LogP contribution in [-0.4, -0.2) is 42.8 Å². The minimum absolute atomic E-state index is 0.207. The number of anilines is 1. The van der Waals surface area contributed by atoms with E-state index in [0.717, 1.165) is 6.07 Å². The van der Waals surface area contributed by atoms with Crippen molar-refractivity contribution < 1.29 is 27.5 Å². The van der Waals surface area contributed by atoms with E-state index < -0.39 is 23.9 Å². The lowest BCUT2D eigenvalue weighted by Crippen LogP contribution is -2.50. The maximum absolute atomic E-state index is 13.0. The first-order valence-corrected chi connectivity index (χ1v) is 7.96. The smallest absolute Gasteiger partial charge is 0.418 e. The molecule has 0 spiro atoms. The third-order valence-corrected chi connectivity index (χ3v) is 3.78. The van der Waals surface area contributed by atoms with Crippen molar-refractivity contribution in [3.8, 4) is 0 Å². The number of halogens is 3. The van der Waals surface area contributed by atoms with Crippen molar-refractivity contribution in [3.05, 3.63) is 29.8 Å². The summed E-state index contributed by atoms with van der Waals surface area (Å²) in [5, 5.41) is 4.95. The molecule has 6 nitrogen and oxygen atoms in total. The average molecular weight is 359 g/mol. The number of alkyl carbamates (subject to hydrolysis) is 1. The summed E-state index contributed by atoms with van der Waals surface area (Å²) in [6, 6.07) is 3.88. The molecule has 1 aliphatic heterocycles. The van der Waals surface area contributed by atoms with E-state index in [1.54, 1.807) is 6.92 Å². The van der Waals surface area contributed by atoms with Crippen LogP contribution in [0.1, 0.15) is 25.3 Å². The van der Waals surface area contributed by atoms with Gasteiger partial charge in [-0.25, -0.2) is 9.59 Å². The van der Waals surface area contributed by atoms with E-state index in [9.17, 15) is 22.8 Å². The maximum atomic E-state index is 13.0. The highest BCUT2D eigenvalue weighted by molar-refractivity contribution is 5.90. The first-order chi connectivity index (χ1) is 11.8. The van der Waals surface area contributed by atoms with Crippen molar-refractivity contribution in [2.75, 3.05) is 25.0 Å². The van der Waals surface area contributed by atoms with Gasteiger partial charge in [0.05, 0.1) is 17.9 Å². The molecule has 138 valence electrons. The Morgan fingerprint density at radius 3 is 2.72 bits per heavy atom. The molecule has 1 atom stereocenters. The lowest BCUT2D eigenvalue weighted by molar-refractivity contribution is -0.136. The van der Waals surface area contributed by atoms with Crippen LogP contribution >= 0.6 is 0 Å². The summed E-state index contributed by atoms with van der Waals surface area (Å²) in [6.45, 7) is 2.52. The zero-order chi connectivity index (χ0) is 18.4. The Morgan fingerprint density at radius 1 is 1.32 bits per heavy atom. The number of urea groups is 1. The number of alkyl halides is 3. The van der Waals surface area contributed by atoms with Crippen LogP contribution in [-0.2, 0) is 10.9 Å². The van der Waals surface area contributed by atoms with Crippen LogP contribution in [0.4, 0.5) is 28.4 Å². The van der Waals surface area contributed by atoms with E-state index >= 15 is 0 Å². The van der Waals surface area contributed by atoms with Crippen LogP contribution in [0.25, 0.3) is 0 Å². The highest BCUT2D eigenvalue weighted by Crippen LogP contribution is 2.34. The largest absolute Gasteiger partial charge is 0.450 e. The van der Waals surface area contributed by atoms with Gasteiger partial charge in [0.25, 0.3) is 0 Å². The Morgan fingerprint density at radius 2 is 2.04 bits per heavy atom. The summed E-state index contributed by atoms with van der Waals surface area (Å²) in [6.07, 6.45) is -3.83. The van der Waals surface area contributed by atoms with Gasteiger partial charge in [-0.1, -0.05) is 12.1 Å². The third kappa shape index (κ3) is 5.27. The van der Waals surface area contributed by atoms with Crippen molar-refractivity contribution in [1.82, 2.24) is 10.2 Å². The van der Waals surface area contributed by atoms with E-state index in [1.165, 1.54) is 23.1 Å². The number of nitrogens with one attached hydrogen (secondary N) is 2. The third-order valence-electron chi connectivity index (χ3n) is 3.78. The van der Waals surface area contributed by atoms with E-state index in [1.807, 2.05) is 0 Å². The second-order valence-corrected chi connectivity index (χ2v) is 5.62. The van der Waals surface area contributed by atoms with Crippen LogP contribution in [0.5, 0.6) is 0 Å². The highest BCUT2D eigenvalue weighted by Gasteiger charge is 2.34. The van der Waals surface area contributed by atoms with Crippen LogP contribution in [0.3, 0.4) is 0 Å². The predicted octanol–water partition coefficient (Wildman–Crippen LogP) is 3.45. The topological polar surface area (TPSA) is 70.7 Å². The van der Waals surface area contributed by atoms with Gasteiger partial charge in [-0.05, 0) is 31.9 Å². The number of ether oxygens (including phenoxy) is 1. The molecule has 0 aromatic heterocycles. The number of carbonyl (C=O) groups excluding carboxylic acids is 2. The Bertz CT molecular complexity index is 622. The molecular weight excluding hydrogens is 339 g/mol. The fourth-order valence-corrected chi connectivity index (χ4v) is 2.65. The van der Waals surface area contributed by atoms with Gasteiger partial charge in [-0.3, -0.25) is 0 Å². The van der Waals surface area contributed by atoms with Crippen molar-refractivity contribution in [2.45, 2.75) is 32.0 Å². The standard InChI is InChI=1S/C16H20F3N3O3/c1-2-25-15(24)20-11-6-5-9-22(10-11)14(23)21-13-8-4-3-7-12(13)16(17,18)19/h3-4,7-8,11H,2,5-6,9-10H2,1H3,(H,20,24)(H,21,23)/t11-/m1/s1. The molecular formula is C16H20F3N3O3. The summed E-state index contributed by atoms with van der Waals surface area (Å²) < 4.78 is 43.8. The number of piperidine rings is 1. The van der Waals surface area contributed by atoms with Crippen LogP contribution in [0, 0.1) is 0 Å². The van der Waals surface area contributed by atoms with Gasteiger partial charge in [0.1, 0.15) is 0 Å². The summed E-state index contributed by atoms with van der Waals surface area (Å²) in [7, 11) is 0. The number of benzene rings is 1. The Hall–Kier alpha value is -2.45. The first kappa shape index (κ1) is 18.9. The summed E-state index contributed by atoms with van der Waals surface area (Å²) in [5.74, 6) is 0. The molecule has 2 rings (SSSR count). The number of hydrogen-bond donors (Lipinski definition) is 2. The molecule has 2 N–H and O–H groups in total. The summed E-state index contributed by atoms with van der Waals surface area (Å²) in [5.41, 5.74) is -1.19. The van der Waals surface area contributed by atoms with Gasteiger partial charge >= 0.3 is 18.3 Å². The molecule has 0 aliphatic carbocycles. The normalized spacial score (nSPS) is 17.8. The van der Waals surface area contributed by atoms with Crippen LogP contribution in [0.15, 0.2) is 24.3 Å². The minimum Gasteiger partial charge on any atom is -0.450 e. The maximum Gasteiger partial charge on any atom is 0.418 e. The monoisotopic (exact) mass is 359 g/mol. The fourth-order valence-electron chi connectivity index (χ4n) is 2.65. The zero-order valence-electron chi connectivity index (χ0n) is 13.7. The second kappa shape index (κ2) is 8.09. The highest BCUT2D eigenvalue weighted by atomic mass is 19.4. The second-order valence-electron chi connectivity index (χ2n) is 5.62. The molecule has 25 heavy (non-hydrogen) atoms. The van der Waals surface area contributed by atoms with Gasteiger partial charge < -0.3 is 20.3 Å². The van der Waals surface area contributed by atoms with Gasteiger partial charge in [0.15, 0.2) is 0 Å². The molecule has 1 heterocycles. The lowest BCUT2D eigenvalue weighted by Gasteiger charge is -2.33. The van der Waals surface area contributed by atoms with Gasteiger partial charge in [-0.15, -0.1) is 0 Å². The molecule has 1 aromatic rings. The van der Waals surface area contributed by atoms with Crippen molar-refractivity contribution >= 4 is 17.8 Å². The molecule has 0 saturated carbocycles. The van der Waals surface area contributed by atoms with Gasteiger partial charge in [0, 0.05) is 19.1 Å². The first-order valence-electron chi connectivity index (χ1n) is 7.96. The molecule has 0 bridgehead atoms. The molecule has 9 heteroatoms. The number of amides is 3. The number of likely N-dealkylation sites (tertiary alicyclic amines) is 1. The van der Waals surface area contributed by atoms with E-state index in [2.05, 4.69) is 10.6 Å². The molecule has 0 radical (unpaired) electrons. The quantitative estimate of drug-likeness (QED) is 0.868. The lowest BCUT2D eigenvalue weighted by atomic mass is 10.1. The molecule has 1 aliphatic rings. The molecule has 1 saturated heterocycles. The zero-order valence-corrected chi connectivity index (χ0v) is 13.7. The van der Waals surface area contributed by atoms with E-state index in [0.29, 0.717) is 19.4 Å². The van der Waals surface area contributed by atoms with E-state index in [-0.39, 0.29) is 24.9 Å². The van der Waals surface area contributed by atoms with Gasteiger partial charge in [-0.2, -0.15) is 13.2 Å². The summed E-state index contributed by atoms with van der Waals surface area (Å²) in [4.78, 5) is 25.1.